The summed E-state index contributed by atoms with van der Waals surface area (Å²) >= 11 is 0. The average molecular weight is 210 g/mol. The molecule has 0 aliphatic carbocycles. The number of hydrogen-bond acceptors (Lipinski definition) is 3. The van der Waals surface area contributed by atoms with Crippen LogP contribution in [0.25, 0.3) is 0 Å². The fraction of sp³-hybridized carbons (Fsp3) is 0.300. The first-order valence-corrected chi connectivity index (χ1v) is 4.62. The monoisotopic (exact) mass is 210 g/mol. The van der Waals surface area contributed by atoms with E-state index in [1.54, 1.807) is 6.07 Å². The highest BCUT2D eigenvalue weighted by atomic mass is 19.1. The molecule has 1 heterocycles. The molecule has 5 heteroatoms. The number of nitrogens with two attached hydrogens (primary N) is 1. The number of rotatable bonds is 2. The lowest BCUT2D eigenvalue weighted by Gasteiger charge is -2.26. The standard InChI is InChI=1S/C10H11FN2O2/c11-6-1-2-8-9(3-6)15-5-7(13-8)4-10(12)14/h1-3,7,13H,4-5H2,(H2,12,14)/t7-/m0/s1. The zero-order valence-corrected chi connectivity index (χ0v) is 8.00. The first kappa shape index (κ1) is 9.76. The number of carbonyl (C=O) groups is 1. The first-order valence-electron chi connectivity index (χ1n) is 4.62. The molecule has 3 N–H and O–H groups in total. The number of ether oxygens (including phenoxy) is 1. The highest BCUT2D eigenvalue weighted by molar-refractivity contribution is 5.75. The third-order valence-electron chi connectivity index (χ3n) is 2.19. The highest BCUT2D eigenvalue weighted by Gasteiger charge is 2.20. The Bertz CT molecular complexity index is 395. The van der Waals surface area contributed by atoms with Crippen LogP contribution in [0.4, 0.5) is 10.1 Å². The SMILES string of the molecule is NC(=O)C[C@H]1COc2cc(F)ccc2N1. The van der Waals surface area contributed by atoms with Gasteiger partial charge in [0.1, 0.15) is 18.2 Å². The van der Waals surface area contributed by atoms with Gasteiger partial charge in [-0.15, -0.1) is 0 Å². The molecular weight excluding hydrogens is 199 g/mol. The minimum atomic E-state index is -0.387. The van der Waals surface area contributed by atoms with Crippen LogP contribution in [-0.4, -0.2) is 18.6 Å². The summed E-state index contributed by atoms with van der Waals surface area (Å²) in [6, 6.07) is 4.09. The van der Waals surface area contributed by atoms with Crippen molar-refractivity contribution in [2.45, 2.75) is 12.5 Å². The summed E-state index contributed by atoms with van der Waals surface area (Å²) in [5, 5.41) is 3.06. The van der Waals surface area contributed by atoms with Crippen LogP contribution in [0.15, 0.2) is 18.2 Å². The Labute approximate surface area is 86.2 Å². The number of amides is 1. The average Bonchev–Trinajstić information content (AvgIpc) is 2.17. The van der Waals surface area contributed by atoms with Gasteiger partial charge in [-0.3, -0.25) is 4.79 Å². The van der Waals surface area contributed by atoms with Crippen LogP contribution in [-0.2, 0) is 4.79 Å². The Balaban J connectivity index is 2.13. The molecule has 1 aliphatic rings. The van der Waals surface area contributed by atoms with Crippen LogP contribution in [0.2, 0.25) is 0 Å². The number of anilines is 1. The second-order valence-electron chi connectivity index (χ2n) is 3.46. The quantitative estimate of drug-likeness (QED) is 0.761. The van der Waals surface area contributed by atoms with Gasteiger partial charge in [-0.05, 0) is 12.1 Å². The molecule has 0 fully saturated rings. The lowest BCUT2D eigenvalue weighted by molar-refractivity contribution is -0.118. The maximum absolute atomic E-state index is 12.8. The molecule has 1 aromatic rings. The van der Waals surface area contributed by atoms with Gasteiger partial charge >= 0.3 is 0 Å². The normalized spacial score (nSPS) is 18.6. The molecule has 0 saturated heterocycles. The van der Waals surface area contributed by atoms with Gasteiger partial charge in [0.05, 0.1) is 11.7 Å². The number of primary amides is 1. The lowest BCUT2D eigenvalue weighted by atomic mass is 10.1. The van der Waals surface area contributed by atoms with E-state index < -0.39 is 0 Å². The van der Waals surface area contributed by atoms with Crippen LogP contribution < -0.4 is 15.8 Å². The Morgan fingerprint density at radius 3 is 3.20 bits per heavy atom. The van der Waals surface area contributed by atoms with Gasteiger partial charge in [0, 0.05) is 12.5 Å². The van der Waals surface area contributed by atoms with Crippen LogP contribution in [0.3, 0.4) is 0 Å². The predicted octanol–water partition coefficient (Wildman–Crippen LogP) is 0.874. The minimum absolute atomic E-state index is 0.138. The maximum Gasteiger partial charge on any atom is 0.219 e. The Morgan fingerprint density at radius 1 is 1.67 bits per heavy atom. The van der Waals surface area contributed by atoms with E-state index in [-0.39, 0.29) is 24.2 Å². The number of fused-ring (bicyclic) bond motifs is 1. The predicted molar refractivity (Wildman–Crippen MR) is 53.1 cm³/mol. The van der Waals surface area contributed by atoms with Crippen molar-refractivity contribution < 1.29 is 13.9 Å². The van der Waals surface area contributed by atoms with Gasteiger partial charge in [-0.1, -0.05) is 0 Å². The van der Waals surface area contributed by atoms with Crippen molar-refractivity contribution in [1.29, 1.82) is 0 Å². The molecular formula is C10H11FN2O2. The van der Waals surface area contributed by atoms with Crippen LogP contribution in [0.1, 0.15) is 6.42 Å². The highest BCUT2D eigenvalue weighted by Crippen LogP contribution is 2.29. The van der Waals surface area contributed by atoms with Crippen molar-refractivity contribution >= 4 is 11.6 Å². The number of hydrogen-bond donors (Lipinski definition) is 2. The Morgan fingerprint density at radius 2 is 2.47 bits per heavy atom. The summed E-state index contributed by atoms with van der Waals surface area (Å²) in [5.74, 6) is -0.263. The van der Waals surface area contributed by atoms with Crippen LogP contribution in [0.5, 0.6) is 5.75 Å². The molecule has 0 saturated carbocycles. The molecule has 1 amide bonds. The molecule has 0 unspecified atom stereocenters. The van der Waals surface area contributed by atoms with E-state index in [2.05, 4.69) is 5.32 Å². The van der Waals surface area contributed by atoms with Gasteiger partial charge in [-0.25, -0.2) is 4.39 Å². The zero-order chi connectivity index (χ0) is 10.8. The molecule has 4 nitrogen and oxygen atoms in total. The summed E-state index contributed by atoms with van der Waals surface area (Å²) in [7, 11) is 0. The number of nitrogens with one attached hydrogen (secondary N) is 1. The molecule has 1 aromatic carbocycles. The minimum Gasteiger partial charge on any atom is -0.489 e. The van der Waals surface area contributed by atoms with Crippen LogP contribution >= 0.6 is 0 Å². The van der Waals surface area contributed by atoms with Crippen LogP contribution in [0, 0.1) is 5.82 Å². The topological polar surface area (TPSA) is 64.4 Å². The fourth-order valence-electron chi connectivity index (χ4n) is 1.54. The number of halogens is 1. The third kappa shape index (κ3) is 2.18. The van der Waals surface area contributed by atoms with Crippen molar-refractivity contribution in [3.05, 3.63) is 24.0 Å². The molecule has 0 spiro atoms. The molecule has 0 bridgehead atoms. The summed E-state index contributed by atoms with van der Waals surface area (Å²) < 4.78 is 18.1. The molecule has 15 heavy (non-hydrogen) atoms. The maximum atomic E-state index is 12.8. The van der Waals surface area contributed by atoms with Gasteiger partial charge < -0.3 is 15.8 Å². The van der Waals surface area contributed by atoms with Crippen molar-refractivity contribution in [3.63, 3.8) is 0 Å². The lowest BCUT2D eigenvalue weighted by Crippen LogP contribution is -2.35. The van der Waals surface area contributed by atoms with E-state index in [0.717, 1.165) is 0 Å². The molecule has 1 aliphatic heterocycles. The fourth-order valence-corrected chi connectivity index (χ4v) is 1.54. The third-order valence-corrected chi connectivity index (χ3v) is 2.19. The van der Waals surface area contributed by atoms with Gasteiger partial charge in [0.15, 0.2) is 0 Å². The van der Waals surface area contributed by atoms with Crippen molar-refractivity contribution in [3.8, 4) is 5.75 Å². The van der Waals surface area contributed by atoms with E-state index in [0.29, 0.717) is 18.0 Å². The van der Waals surface area contributed by atoms with E-state index >= 15 is 0 Å². The largest absolute Gasteiger partial charge is 0.489 e. The van der Waals surface area contributed by atoms with Gasteiger partial charge in [-0.2, -0.15) is 0 Å². The second-order valence-corrected chi connectivity index (χ2v) is 3.46. The smallest absolute Gasteiger partial charge is 0.219 e. The van der Waals surface area contributed by atoms with Gasteiger partial charge in [0.2, 0.25) is 5.91 Å². The number of carbonyl (C=O) groups excluding carboxylic acids is 1. The van der Waals surface area contributed by atoms with E-state index in [1.165, 1.54) is 12.1 Å². The molecule has 1 atom stereocenters. The Kier molecular flexibility index (Phi) is 2.45. The molecule has 0 aromatic heterocycles. The number of benzene rings is 1. The first-order chi connectivity index (χ1) is 7.15. The van der Waals surface area contributed by atoms with Crippen molar-refractivity contribution in [1.82, 2.24) is 0 Å². The molecule has 2 rings (SSSR count). The molecule has 0 radical (unpaired) electrons. The summed E-state index contributed by atoms with van der Waals surface area (Å²) in [4.78, 5) is 10.7. The molecule has 80 valence electrons. The van der Waals surface area contributed by atoms with Crippen molar-refractivity contribution in [2.24, 2.45) is 5.73 Å². The van der Waals surface area contributed by atoms with E-state index in [1.807, 2.05) is 0 Å². The Hall–Kier alpha value is -1.78. The van der Waals surface area contributed by atoms with E-state index in [9.17, 15) is 9.18 Å². The summed E-state index contributed by atoms with van der Waals surface area (Å²) in [6.07, 6.45) is 0.205. The summed E-state index contributed by atoms with van der Waals surface area (Å²) in [5.41, 5.74) is 5.76. The van der Waals surface area contributed by atoms with Gasteiger partial charge in [0.25, 0.3) is 0 Å². The second kappa shape index (κ2) is 3.76. The zero-order valence-electron chi connectivity index (χ0n) is 8.00. The summed E-state index contributed by atoms with van der Waals surface area (Å²) in [6.45, 7) is 0.319. The van der Waals surface area contributed by atoms with Crippen molar-refractivity contribution in [2.75, 3.05) is 11.9 Å². The van der Waals surface area contributed by atoms with E-state index in [4.69, 9.17) is 10.5 Å².